The van der Waals surface area contributed by atoms with Crippen molar-refractivity contribution in [1.82, 2.24) is 4.98 Å². The van der Waals surface area contributed by atoms with Gasteiger partial charge in [-0.1, -0.05) is 117 Å². The van der Waals surface area contributed by atoms with Crippen LogP contribution in [-0.4, -0.2) is 4.98 Å². The van der Waals surface area contributed by atoms with Crippen LogP contribution in [0.1, 0.15) is 26.3 Å². The standard InChI is InChI=1S/C33H27NS/c1-33(2,3)23-17-19-24(20-18-23)35-32-26-14-8-7-13-25(26)30(22-11-5-4-6-12-22)28-21-34-29-16-10-9-15-27(29)31(28)32/h4-21H,1-3H3. The summed E-state index contributed by atoms with van der Waals surface area (Å²) in [5.74, 6) is 0. The first-order chi connectivity index (χ1) is 17.0. The first-order valence-electron chi connectivity index (χ1n) is 12.1. The van der Waals surface area contributed by atoms with Crippen molar-refractivity contribution in [3.63, 3.8) is 0 Å². The molecule has 0 fully saturated rings. The number of hydrogen-bond donors (Lipinski definition) is 0. The lowest BCUT2D eigenvalue weighted by atomic mass is 9.87. The van der Waals surface area contributed by atoms with Gasteiger partial charge in [0.25, 0.3) is 0 Å². The van der Waals surface area contributed by atoms with Gasteiger partial charge in [-0.3, -0.25) is 4.98 Å². The number of pyridine rings is 1. The zero-order chi connectivity index (χ0) is 24.0. The highest BCUT2D eigenvalue weighted by atomic mass is 32.2. The Morgan fingerprint density at radius 2 is 1.23 bits per heavy atom. The molecular formula is C33H27NS. The molecule has 0 unspecified atom stereocenters. The minimum atomic E-state index is 0.141. The summed E-state index contributed by atoms with van der Waals surface area (Å²) in [7, 11) is 0. The van der Waals surface area contributed by atoms with Crippen molar-refractivity contribution in [2.24, 2.45) is 0 Å². The lowest BCUT2D eigenvalue weighted by molar-refractivity contribution is 0.590. The molecule has 1 aromatic heterocycles. The number of fused-ring (bicyclic) bond motifs is 4. The van der Waals surface area contributed by atoms with Crippen molar-refractivity contribution in [2.75, 3.05) is 0 Å². The number of rotatable bonds is 3. The van der Waals surface area contributed by atoms with Crippen molar-refractivity contribution in [3.8, 4) is 11.1 Å². The second-order valence-electron chi connectivity index (χ2n) is 10.1. The van der Waals surface area contributed by atoms with E-state index in [4.69, 9.17) is 4.98 Å². The normalized spacial score (nSPS) is 12.0. The lowest BCUT2D eigenvalue weighted by Crippen LogP contribution is -2.10. The third-order valence-electron chi connectivity index (χ3n) is 6.72. The van der Waals surface area contributed by atoms with E-state index in [0.29, 0.717) is 0 Å². The van der Waals surface area contributed by atoms with Gasteiger partial charge < -0.3 is 0 Å². The molecule has 0 N–H and O–H groups in total. The maximum Gasteiger partial charge on any atom is 0.0708 e. The first-order valence-corrected chi connectivity index (χ1v) is 12.9. The predicted octanol–water partition coefficient (Wildman–Crippen LogP) is 9.66. The molecule has 35 heavy (non-hydrogen) atoms. The highest BCUT2D eigenvalue weighted by Gasteiger charge is 2.19. The summed E-state index contributed by atoms with van der Waals surface area (Å²) in [6.45, 7) is 6.78. The Labute approximate surface area is 210 Å². The zero-order valence-corrected chi connectivity index (χ0v) is 21.1. The number of aromatic nitrogens is 1. The minimum Gasteiger partial charge on any atom is -0.256 e. The molecule has 0 saturated carbocycles. The molecule has 170 valence electrons. The van der Waals surface area contributed by atoms with Crippen LogP contribution in [0.25, 0.3) is 43.6 Å². The first kappa shape index (κ1) is 21.9. The third kappa shape index (κ3) is 3.88. The molecule has 6 aromatic rings. The molecule has 0 radical (unpaired) electrons. The van der Waals surface area contributed by atoms with Crippen LogP contribution in [0.4, 0.5) is 0 Å². The average Bonchev–Trinajstić information content (AvgIpc) is 2.88. The summed E-state index contributed by atoms with van der Waals surface area (Å²) < 4.78 is 0. The second-order valence-corrected chi connectivity index (χ2v) is 11.1. The van der Waals surface area contributed by atoms with Crippen LogP contribution in [0.3, 0.4) is 0 Å². The van der Waals surface area contributed by atoms with Crippen molar-refractivity contribution < 1.29 is 0 Å². The van der Waals surface area contributed by atoms with Gasteiger partial charge in [-0.05, 0) is 51.1 Å². The van der Waals surface area contributed by atoms with Gasteiger partial charge in [0, 0.05) is 32.1 Å². The van der Waals surface area contributed by atoms with Crippen LogP contribution in [0.2, 0.25) is 0 Å². The van der Waals surface area contributed by atoms with E-state index in [1.807, 2.05) is 11.8 Å². The molecule has 1 nitrogen and oxygen atoms in total. The van der Waals surface area contributed by atoms with Gasteiger partial charge in [0.05, 0.1) is 5.52 Å². The van der Waals surface area contributed by atoms with Crippen LogP contribution in [-0.2, 0) is 5.41 Å². The lowest BCUT2D eigenvalue weighted by Gasteiger charge is -2.20. The number of hydrogen-bond acceptors (Lipinski definition) is 2. The summed E-state index contributed by atoms with van der Waals surface area (Å²) in [6.07, 6.45) is 2.07. The Balaban J connectivity index is 1.69. The van der Waals surface area contributed by atoms with Gasteiger partial charge in [0.1, 0.15) is 0 Å². The van der Waals surface area contributed by atoms with E-state index in [1.165, 1.54) is 53.4 Å². The molecule has 2 heteroatoms. The van der Waals surface area contributed by atoms with Crippen LogP contribution in [0.5, 0.6) is 0 Å². The number of nitrogens with zero attached hydrogens (tertiary/aromatic N) is 1. The number of benzene rings is 5. The van der Waals surface area contributed by atoms with Crippen LogP contribution < -0.4 is 0 Å². The van der Waals surface area contributed by atoms with Gasteiger partial charge in [0.15, 0.2) is 0 Å². The van der Waals surface area contributed by atoms with Crippen LogP contribution >= 0.6 is 11.8 Å². The van der Waals surface area contributed by atoms with Gasteiger partial charge in [0.2, 0.25) is 0 Å². The molecule has 0 bridgehead atoms. The SMILES string of the molecule is CC(C)(C)c1ccc(Sc2c3ccccc3c(-c3ccccc3)c3cnc4ccccc4c23)cc1. The molecule has 0 amide bonds. The Kier molecular flexibility index (Phi) is 5.35. The van der Waals surface area contributed by atoms with Gasteiger partial charge in [-0.2, -0.15) is 0 Å². The summed E-state index contributed by atoms with van der Waals surface area (Å²) in [4.78, 5) is 7.42. The molecule has 0 atom stereocenters. The Hall–Kier alpha value is -3.62. The van der Waals surface area contributed by atoms with E-state index >= 15 is 0 Å². The molecule has 0 saturated heterocycles. The smallest absolute Gasteiger partial charge is 0.0708 e. The highest BCUT2D eigenvalue weighted by molar-refractivity contribution is 7.99. The maximum atomic E-state index is 4.88. The molecular weight excluding hydrogens is 442 g/mol. The molecule has 0 spiro atoms. The molecule has 0 aliphatic heterocycles. The second kappa shape index (κ2) is 8.55. The predicted molar refractivity (Wildman–Crippen MR) is 151 cm³/mol. The largest absolute Gasteiger partial charge is 0.256 e. The summed E-state index contributed by atoms with van der Waals surface area (Å²) in [6, 6.07) is 37.1. The fraction of sp³-hybridized carbons (Fsp3) is 0.121. The minimum absolute atomic E-state index is 0.141. The topological polar surface area (TPSA) is 12.9 Å². The molecule has 0 aliphatic carbocycles. The fourth-order valence-electron chi connectivity index (χ4n) is 4.92. The van der Waals surface area contributed by atoms with Crippen molar-refractivity contribution in [1.29, 1.82) is 0 Å². The van der Waals surface area contributed by atoms with E-state index in [1.54, 1.807) is 0 Å². The fourth-order valence-corrected chi connectivity index (χ4v) is 6.03. The Bertz CT molecular complexity index is 1680. The monoisotopic (exact) mass is 469 g/mol. The quantitative estimate of drug-likeness (QED) is 0.189. The Morgan fingerprint density at radius 3 is 1.94 bits per heavy atom. The van der Waals surface area contributed by atoms with Crippen LogP contribution in [0, 0.1) is 0 Å². The van der Waals surface area contributed by atoms with E-state index in [2.05, 4.69) is 130 Å². The molecule has 1 heterocycles. The average molecular weight is 470 g/mol. The van der Waals surface area contributed by atoms with E-state index in [0.717, 1.165) is 5.52 Å². The Morgan fingerprint density at radius 1 is 0.600 bits per heavy atom. The van der Waals surface area contributed by atoms with Crippen molar-refractivity contribution in [3.05, 3.63) is 115 Å². The molecule has 5 aromatic carbocycles. The zero-order valence-electron chi connectivity index (χ0n) is 20.2. The maximum absolute atomic E-state index is 4.88. The highest BCUT2D eigenvalue weighted by Crippen LogP contribution is 2.47. The van der Waals surface area contributed by atoms with Gasteiger partial charge in [-0.15, -0.1) is 0 Å². The van der Waals surface area contributed by atoms with E-state index in [9.17, 15) is 0 Å². The summed E-state index contributed by atoms with van der Waals surface area (Å²) >= 11 is 1.86. The molecule has 6 rings (SSSR count). The van der Waals surface area contributed by atoms with Crippen LogP contribution in [0.15, 0.2) is 119 Å². The van der Waals surface area contributed by atoms with Crippen molar-refractivity contribution in [2.45, 2.75) is 36.0 Å². The van der Waals surface area contributed by atoms with E-state index in [-0.39, 0.29) is 5.41 Å². The number of para-hydroxylation sites is 1. The van der Waals surface area contributed by atoms with E-state index < -0.39 is 0 Å². The van der Waals surface area contributed by atoms with Gasteiger partial charge in [-0.25, -0.2) is 0 Å². The summed E-state index contributed by atoms with van der Waals surface area (Å²) in [5.41, 5.74) is 4.99. The third-order valence-corrected chi connectivity index (χ3v) is 7.85. The summed E-state index contributed by atoms with van der Waals surface area (Å²) in [5, 5.41) is 6.21. The van der Waals surface area contributed by atoms with Gasteiger partial charge >= 0.3 is 0 Å². The van der Waals surface area contributed by atoms with Crippen molar-refractivity contribution >= 4 is 44.2 Å². The molecule has 0 aliphatic rings.